The van der Waals surface area contributed by atoms with Gasteiger partial charge in [-0.05, 0) is 38.7 Å². The average molecular weight is 158 g/mol. The van der Waals surface area contributed by atoms with Gasteiger partial charge in [0.25, 0.3) is 0 Å². The Hall–Kier alpha value is 0.995. The van der Waals surface area contributed by atoms with Gasteiger partial charge in [0.1, 0.15) is 0 Å². The van der Waals surface area contributed by atoms with Gasteiger partial charge in [-0.1, -0.05) is 0 Å². The summed E-state index contributed by atoms with van der Waals surface area (Å²) in [5.41, 5.74) is 0. The summed E-state index contributed by atoms with van der Waals surface area (Å²) >= 11 is 9.98. The SMILES string of the molecule is SOB(OS)OS. The molecule has 0 fully saturated rings. The Morgan fingerprint density at radius 3 is 1.14 bits per heavy atom. The van der Waals surface area contributed by atoms with Crippen LogP contribution in [-0.2, 0) is 12.3 Å². The minimum absolute atomic E-state index is 0.921. The van der Waals surface area contributed by atoms with Crippen molar-refractivity contribution in [3.8, 4) is 0 Å². The maximum Gasteiger partial charge on any atom is 0.673 e. The molecule has 0 unspecified atom stereocenters. The van der Waals surface area contributed by atoms with Crippen LogP contribution < -0.4 is 0 Å². The molecule has 0 aromatic rings. The maximum atomic E-state index is 4.15. The summed E-state index contributed by atoms with van der Waals surface area (Å²) in [5, 5.41) is 0. The molecular formula is H3BO3S3. The third kappa shape index (κ3) is 3.57. The van der Waals surface area contributed by atoms with E-state index in [2.05, 4.69) is 51.0 Å². The molecule has 0 aliphatic rings. The van der Waals surface area contributed by atoms with Crippen LogP contribution in [0.1, 0.15) is 0 Å². The van der Waals surface area contributed by atoms with Gasteiger partial charge in [0.2, 0.25) is 0 Å². The number of thiol groups is 3. The van der Waals surface area contributed by atoms with Crippen LogP contribution in [0, 0.1) is 0 Å². The molecule has 0 aliphatic heterocycles. The maximum absolute atomic E-state index is 4.15. The molecule has 0 amide bonds. The standard InChI is InChI=1S/BH3O3S3/c5-2-1(3-6)4-7/h5-7H. The molecule has 0 aromatic heterocycles. The van der Waals surface area contributed by atoms with E-state index in [1.165, 1.54) is 0 Å². The number of rotatable bonds is 3. The third-order valence-corrected chi connectivity index (χ3v) is 0.775. The van der Waals surface area contributed by atoms with E-state index in [0.717, 1.165) is 0 Å². The first-order chi connectivity index (χ1) is 3.35. The van der Waals surface area contributed by atoms with Crippen LogP contribution in [0.2, 0.25) is 0 Å². The van der Waals surface area contributed by atoms with Crippen LogP contribution in [0.15, 0.2) is 0 Å². The Bertz CT molecular complexity index is 31.7. The van der Waals surface area contributed by atoms with E-state index in [-0.39, 0.29) is 0 Å². The first-order valence-electron chi connectivity index (χ1n) is 1.25. The zero-order valence-electron chi connectivity index (χ0n) is 3.14. The largest absolute Gasteiger partial charge is 0.673 e. The molecule has 0 saturated heterocycles. The molecule has 0 atom stereocenters. The van der Waals surface area contributed by atoms with Gasteiger partial charge in [-0.25, -0.2) is 0 Å². The fourth-order valence-electron chi connectivity index (χ4n) is 0.0577. The van der Waals surface area contributed by atoms with Crippen molar-refractivity contribution in [2.24, 2.45) is 0 Å². The number of hydrogen-bond acceptors (Lipinski definition) is 6. The predicted molar refractivity (Wildman–Crippen MR) is 36.0 cm³/mol. The van der Waals surface area contributed by atoms with Crippen molar-refractivity contribution in [3.05, 3.63) is 0 Å². The summed E-state index contributed by atoms with van der Waals surface area (Å²) in [6, 6.07) is 0. The van der Waals surface area contributed by atoms with E-state index in [1.54, 1.807) is 0 Å². The Labute approximate surface area is 58.7 Å². The first-order valence-corrected chi connectivity index (χ1v) is 2.35. The third-order valence-electron chi connectivity index (χ3n) is 0.258. The molecule has 0 aliphatic carbocycles. The Morgan fingerprint density at radius 1 is 0.857 bits per heavy atom. The van der Waals surface area contributed by atoms with Crippen molar-refractivity contribution in [3.63, 3.8) is 0 Å². The van der Waals surface area contributed by atoms with Gasteiger partial charge in [0.05, 0.1) is 0 Å². The van der Waals surface area contributed by atoms with Crippen molar-refractivity contribution in [1.82, 2.24) is 0 Å². The molecule has 7 heavy (non-hydrogen) atoms. The zero-order chi connectivity index (χ0) is 5.70. The van der Waals surface area contributed by atoms with Gasteiger partial charge in [-0.2, -0.15) is 0 Å². The molecule has 0 radical (unpaired) electrons. The molecule has 0 heterocycles. The lowest BCUT2D eigenvalue weighted by atomic mass is 10.3. The molecule has 0 aromatic carbocycles. The molecule has 7 heteroatoms. The van der Waals surface area contributed by atoms with E-state index in [0.29, 0.717) is 0 Å². The van der Waals surface area contributed by atoms with Gasteiger partial charge < -0.3 is 12.3 Å². The summed E-state index contributed by atoms with van der Waals surface area (Å²) in [4.78, 5) is 0. The quantitative estimate of drug-likeness (QED) is 0.318. The van der Waals surface area contributed by atoms with Crippen molar-refractivity contribution in [2.75, 3.05) is 0 Å². The van der Waals surface area contributed by atoms with Gasteiger partial charge >= 0.3 is 7.32 Å². The van der Waals surface area contributed by atoms with E-state index >= 15 is 0 Å². The molecule has 0 bridgehead atoms. The molecule has 3 nitrogen and oxygen atoms in total. The van der Waals surface area contributed by atoms with Crippen LogP contribution >= 0.6 is 38.7 Å². The first kappa shape index (κ1) is 7.99. The smallest absolute Gasteiger partial charge is 0.319 e. The van der Waals surface area contributed by atoms with Crippen LogP contribution in [0.4, 0.5) is 0 Å². The molecule has 0 saturated carbocycles. The lowest BCUT2D eigenvalue weighted by molar-refractivity contribution is 0.389. The van der Waals surface area contributed by atoms with E-state index in [4.69, 9.17) is 0 Å². The van der Waals surface area contributed by atoms with Gasteiger partial charge in [0.15, 0.2) is 0 Å². The van der Waals surface area contributed by atoms with Gasteiger partial charge in [-0.3, -0.25) is 0 Å². The summed E-state index contributed by atoms with van der Waals surface area (Å²) in [6.07, 6.45) is 0. The highest BCUT2D eigenvalue weighted by atomic mass is 32.1. The zero-order valence-corrected chi connectivity index (χ0v) is 5.83. The fourth-order valence-corrected chi connectivity index (χ4v) is 0.520. The highest BCUT2D eigenvalue weighted by Gasteiger charge is 2.16. The topological polar surface area (TPSA) is 27.7 Å². The lowest BCUT2D eigenvalue weighted by Gasteiger charge is -1.97. The highest BCUT2D eigenvalue weighted by molar-refractivity contribution is 7.79. The molecule has 42 valence electrons. The number of hydrogen-bond donors (Lipinski definition) is 3. The van der Waals surface area contributed by atoms with Gasteiger partial charge in [-0.15, -0.1) is 0 Å². The van der Waals surface area contributed by atoms with Crippen molar-refractivity contribution in [2.45, 2.75) is 0 Å². The normalized spacial score (nSPS) is 9.00. The van der Waals surface area contributed by atoms with Crippen LogP contribution in [0.3, 0.4) is 0 Å². The van der Waals surface area contributed by atoms with E-state index in [1.807, 2.05) is 0 Å². The summed E-state index contributed by atoms with van der Waals surface area (Å²) < 4.78 is 12.4. The van der Waals surface area contributed by atoms with Crippen LogP contribution in [0.5, 0.6) is 0 Å². The van der Waals surface area contributed by atoms with Crippen molar-refractivity contribution < 1.29 is 12.3 Å². The Kier molecular flexibility index (Phi) is 5.87. The second-order valence-corrected chi connectivity index (χ2v) is 1.24. The summed E-state index contributed by atoms with van der Waals surface area (Å²) in [5.74, 6) is 0. The van der Waals surface area contributed by atoms with Crippen molar-refractivity contribution in [1.29, 1.82) is 0 Å². The second kappa shape index (κ2) is 5.14. The molecule has 0 N–H and O–H groups in total. The minimum atomic E-state index is -0.921. The molecule has 0 rings (SSSR count). The average Bonchev–Trinajstić information content (AvgIpc) is 1.72. The van der Waals surface area contributed by atoms with Crippen LogP contribution in [-0.4, -0.2) is 7.32 Å². The van der Waals surface area contributed by atoms with Crippen LogP contribution in [0.25, 0.3) is 0 Å². The minimum Gasteiger partial charge on any atom is -0.319 e. The highest BCUT2D eigenvalue weighted by Crippen LogP contribution is 1.97. The molecular weight excluding hydrogens is 155 g/mol. The Morgan fingerprint density at radius 2 is 1.14 bits per heavy atom. The lowest BCUT2D eigenvalue weighted by Crippen LogP contribution is -2.14. The monoisotopic (exact) mass is 158 g/mol. The summed E-state index contributed by atoms with van der Waals surface area (Å²) in [7, 11) is -0.921. The molecule has 0 spiro atoms. The van der Waals surface area contributed by atoms with Crippen molar-refractivity contribution >= 4 is 46.1 Å². The van der Waals surface area contributed by atoms with Gasteiger partial charge in [0, 0.05) is 0 Å². The fraction of sp³-hybridized carbons (Fsp3) is 0. The van der Waals surface area contributed by atoms with E-state index in [9.17, 15) is 0 Å². The summed E-state index contributed by atoms with van der Waals surface area (Å²) in [6.45, 7) is 0. The Balaban J connectivity index is 2.99. The van der Waals surface area contributed by atoms with E-state index < -0.39 is 7.32 Å². The predicted octanol–water partition coefficient (Wildman–Crippen LogP) is 0.555. The second-order valence-electron chi connectivity index (χ2n) is 0.605.